The Morgan fingerprint density at radius 2 is 1.73 bits per heavy atom. The molecule has 1 fully saturated rings. The number of aldehydes is 1. The van der Waals surface area contributed by atoms with Crippen LogP contribution in [0.3, 0.4) is 0 Å². The molecule has 1 aliphatic heterocycles. The highest BCUT2D eigenvalue weighted by atomic mass is 19.4. The molecule has 0 bridgehead atoms. The Morgan fingerprint density at radius 1 is 1.27 bits per heavy atom. The highest BCUT2D eigenvalue weighted by molar-refractivity contribution is 5.62. The lowest BCUT2D eigenvalue weighted by Crippen LogP contribution is -2.47. The van der Waals surface area contributed by atoms with Gasteiger partial charge in [0.15, 0.2) is 6.29 Å². The maximum absolute atomic E-state index is 11.9. The Hall–Kier alpha value is -0.620. The smallest absolute Gasteiger partial charge is 0.334 e. The van der Waals surface area contributed by atoms with Crippen LogP contribution < -0.4 is 0 Å². The first-order valence-electron chi connectivity index (χ1n) is 2.83. The van der Waals surface area contributed by atoms with E-state index in [1.165, 1.54) is 0 Å². The third-order valence-electron chi connectivity index (χ3n) is 1.27. The Labute approximate surface area is 60.1 Å². The van der Waals surface area contributed by atoms with Gasteiger partial charge in [0.2, 0.25) is 0 Å². The maximum Gasteiger partial charge on any atom is 0.451 e. The van der Waals surface area contributed by atoms with Crippen LogP contribution in [-0.2, 0) is 14.3 Å². The first-order valence-corrected chi connectivity index (χ1v) is 2.83. The first-order chi connectivity index (χ1) is 5.02. The molecule has 0 aromatic heterocycles. The minimum Gasteiger partial charge on any atom is -0.334 e. The third-order valence-corrected chi connectivity index (χ3v) is 1.27. The van der Waals surface area contributed by atoms with Crippen molar-refractivity contribution < 1.29 is 27.4 Å². The summed E-state index contributed by atoms with van der Waals surface area (Å²) in [6, 6.07) is 0. The summed E-state index contributed by atoms with van der Waals surface area (Å²) in [7, 11) is 0. The fourth-order valence-corrected chi connectivity index (χ4v) is 0.727. The van der Waals surface area contributed by atoms with Crippen molar-refractivity contribution in [3.8, 4) is 0 Å². The van der Waals surface area contributed by atoms with E-state index in [0.29, 0.717) is 0 Å². The van der Waals surface area contributed by atoms with E-state index in [-0.39, 0.29) is 19.5 Å². The zero-order valence-electron chi connectivity index (χ0n) is 5.35. The largest absolute Gasteiger partial charge is 0.451 e. The van der Waals surface area contributed by atoms with Gasteiger partial charge in [0, 0.05) is 0 Å². The number of rotatable bonds is 1. The van der Waals surface area contributed by atoms with Gasteiger partial charge in [0.05, 0.1) is 13.2 Å². The van der Waals surface area contributed by atoms with Crippen molar-refractivity contribution in [2.45, 2.75) is 12.0 Å². The molecule has 0 unspecified atom stereocenters. The first kappa shape index (κ1) is 8.48. The van der Waals surface area contributed by atoms with Crippen LogP contribution in [0.4, 0.5) is 13.2 Å². The van der Waals surface area contributed by atoms with E-state index in [1.54, 1.807) is 0 Å². The van der Waals surface area contributed by atoms with Crippen molar-refractivity contribution in [3.63, 3.8) is 0 Å². The lowest BCUT2D eigenvalue weighted by Gasteiger charge is -2.22. The van der Waals surface area contributed by atoms with Crippen LogP contribution in [0.15, 0.2) is 0 Å². The number of alkyl halides is 3. The summed E-state index contributed by atoms with van der Waals surface area (Å²) in [5, 5.41) is 0. The molecule has 0 aromatic carbocycles. The zero-order valence-corrected chi connectivity index (χ0v) is 5.35. The molecule has 1 heterocycles. The molecule has 1 aliphatic rings. The maximum atomic E-state index is 11.9. The van der Waals surface area contributed by atoms with E-state index in [4.69, 9.17) is 0 Å². The van der Waals surface area contributed by atoms with Crippen LogP contribution in [0, 0.1) is 0 Å². The van der Waals surface area contributed by atoms with Crippen molar-refractivity contribution in [2.75, 3.05) is 13.2 Å². The third kappa shape index (κ3) is 1.23. The van der Waals surface area contributed by atoms with Gasteiger partial charge in [-0.2, -0.15) is 13.2 Å². The fourth-order valence-electron chi connectivity index (χ4n) is 0.727. The number of ether oxygens (including phenoxy) is 2. The summed E-state index contributed by atoms with van der Waals surface area (Å²) in [5.74, 6) is -3.01. The molecule has 1 saturated heterocycles. The van der Waals surface area contributed by atoms with Crippen LogP contribution in [0.1, 0.15) is 0 Å². The molecule has 1 rings (SSSR count). The number of hydrogen-bond acceptors (Lipinski definition) is 3. The van der Waals surface area contributed by atoms with E-state index < -0.39 is 12.0 Å². The summed E-state index contributed by atoms with van der Waals surface area (Å²) >= 11 is 0. The van der Waals surface area contributed by atoms with Crippen molar-refractivity contribution in [3.05, 3.63) is 0 Å². The van der Waals surface area contributed by atoms with E-state index in [1.807, 2.05) is 0 Å². The van der Waals surface area contributed by atoms with Crippen molar-refractivity contribution in [1.82, 2.24) is 0 Å². The van der Waals surface area contributed by atoms with Crippen molar-refractivity contribution >= 4 is 6.29 Å². The lowest BCUT2D eigenvalue weighted by molar-refractivity contribution is -0.317. The standard InChI is InChI=1S/C5H5F3O3/c6-5(7,8)4(3-9)10-1-2-11-4/h3H,1-2H2. The average Bonchev–Trinajstić information content (AvgIpc) is 2.33. The molecule has 0 amide bonds. The number of halogens is 3. The molecule has 6 heteroatoms. The van der Waals surface area contributed by atoms with Crippen LogP contribution >= 0.6 is 0 Å². The van der Waals surface area contributed by atoms with Crippen molar-refractivity contribution in [2.24, 2.45) is 0 Å². The molecule has 0 saturated carbocycles. The van der Waals surface area contributed by atoms with Gasteiger partial charge >= 0.3 is 12.0 Å². The molecule has 0 radical (unpaired) electrons. The van der Waals surface area contributed by atoms with Crippen LogP contribution in [-0.4, -0.2) is 31.5 Å². The van der Waals surface area contributed by atoms with Crippen LogP contribution in [0.5, 0.6) is 0 Å². The van der Waals surface area contributed by atoms with Crippen LogP contribution in [0.2, 0.25) is 0 Å². The molecule has 64 valence electrons. The fraction of sp³-hybridized carbons (Fsp3) is 0.800. The Balaban J connectivity index is 2.83. The highest BCUT2D eigenvalue weighted by Gasteiger charge is 2.60. The molecular weight excluding hydrogens is 165 g/mol. The Kier molecular flexibility index (Phi) is 1.89. The van der Waals surface area contributed by atoms with E-state index in [0.717, 1.165) is 0 Å². The predicted molar refractivity (Wildman–Crippen MR) is 26.8 cm³/mol. The summed E-state index contributed by atoms with van der Waals surface area (Å²) in [6.45, 7) is -0.420. The number of carbonyl (C=O) groups excluding carboxylic acids is 1. The molecule has 0 aliphatic carbocycles. The topological polar surface area (TPSA) is 35.5 Å². The normalized spacial score (nSPS) is 23.5. The summed E-state index contributed by atoms with van der Waals surface area (Å²) in [6.07, 6.45) is -5.16. The molecule has 3 nitrogen and oxygen atoms in total. The van der Waals surface area contributed by atoms with Gasteiger partial charge in [-0.25, -0.2) is 0 Å². The monoisotopic (exact) mass is 170 g/mol. The van der Waals surface area contributed by atoms with Gasteiger partial charge in [-0.1, -0.05) is 0 Å². The molecule has 0 aromatic rings. The second-order valence-electron chi connectivity index (χ2n) is 1.98. The number of hydrogen-bond donors (Lipinski definition) is 0. The Morgan fingerprint density at radius 3 is 1.91 bits per heavy atom. The quantitative estimate of drug-likeness (QED) is 0.537. The van der Waals surface area contributed by atoms with E-state index >= 15 is 0 Å². The summed E-state index contributed by atoms with van der Waals surface area (Å²) < 4.78 is 44.1. The second kappa shape index (κ2) is 2.46. The zero-order chi connectivity index (χ0) is 8.54. The SMILES string of the molecule is O=CC1(C(F)(F)F)OCCO1. The molecule has 0 spiro atoms. The molecular formula is C5H5F3O3. The second-order valence-corrected chi connectivity index (χ2v) is 1.98. The minimum atomic E-state index is -4.79. The van der Waals surface area contributed by atoms with Crippen LogP contribution in [0.25, 0.3) is 0 Å². The van der Waals surface area contributed by atoms with Gasteiger partial charge < -0.3 is 9.47 Å². The predicted octanol–water partition coefficient (Wildman–Crippen LogP) is 0.491. The van der Waals surface area contributed by atoms with E-state index in [9.17, 15) is 18.0 Å². The van der Waals surface area contributed by atoms with Gasteiger partial charge in [-0.05, 0) is 0 Å². The van der Waals surface area contributed by atoms with Gasteiger partial charge in [0.25, 0.3) is 0 Å². The van der Waals surface area contributed by atoms with Crippen molar-refractivity contribution in [1.29, 1.82) is 0 Å². The average molecular weight is 170 g/mol. The molecule has 0 atom stereocenters. The van der Waals surface area contributed by atoms with Gasteiger partial charge in [-0.15, -0.1) is 0 Å². The van der Waals surface area contributed by atoms with E-state index in [2.05, 4.69) is 9.47 Å². The number of carbonyl (C=O) groups is 1. The van der Waals surface area contributed by atoms with Gasteiger partial charge in [0.1, 0.15) is 0 Å². The Bertz CT molecular complexity index is 159. The summed E-state index contributed by atoms with van der Waals surface area (Å²) in [5.41, 5.74) is 0. The highest BCUT2D eigenvalue weighted by Crippen LogP contribution is 2.35. The van der Waals surface area contributed by atoms with Gasteiger partial charge in [-0.3, -0.25) is 4.79 Å². The molecule has 0 N–H and O–H groups in total. The lowest BCUT2D eigenvalue weighted by atomic mass is 10.3. The molecule has 11 heavy (non-hydrogen) atoms. The summed E-state index contributed by atoms with van der Waals surface area (Å²) in [4.78, 5) is 10.0. The minimum absolute atomic E-state index is 0.210.